The average Bonchev–Trinajstić information content (AvgIpc) is 3.09. The first kappa shape index (κ1) is 16.0. The summed E-state index contributed by atoms with van der Waals surface area (Å²) in [5.41, 5.74) is 0.898. The molecule has 23 heavy (non-hydrogen) atoms. The Kier molecular flexibility index (Phi) is 4.41. The second kappa shape index (κ2) is 6.33. The Labute approximate surface area is 136 Å². The predicted octanol–water partition coefficient (Wildman–Crippen LogP) is 2.30. The third-order valence-corrected chi connectivity index (χ3v) is 6.22. The van der Waals surface area contributed by atoms with Gasteiger partial charge in [0.25, 0.3) is 0 Å². The van der Waals surface area contributed by atoms with Gasteiger partial charge >= 0.3 is 0 Å². The minimum Gasteiger partial charge on any atom is -0.495 e. The molecule has 1 saturated heterocycles. The molecule has 1 aliphatic heterocycles. The first-order chi connectivity index (χ1) is 11.0. The van der Waals surface area contributed by atoms with E-state index in [4.69, 9.17) is 4.74 Å². The van der Waals surface area contributed by atoms with E-state index >= 15 is 0 Å². The zero-order chi connectivity index (χ0) is 16.4. The lowest BCUT2D eigenvalue weighted by atomic mass is 9.98. The number of piperidine rings is 1. The molecule has 1 aromatic carbocycles. The second-order valence-electron chi connectivity index (χ2n) is 5.81. The molecule has 1 N–H and O–H groups in total. The molecule has 0 radical (unpaired) electrons. The molecule has 2 aromatic rings. The molecule has 1 fully saturated rings. The highest BCUT2D eigenvalue weighted by molar-refractivity contribution is 7.89. The molecular weight excluding hydrogens is 314 g/mol. The van der Waals surface area contributed by atoms with Crippen LogP contribution in [-0.4, -0.2) is 42.9 Å². The molecule has 0 aliphatic carbocycles. The van der Waals surface area contributed by atoms with Gasteiger partial charge in [0.2, 0.25) is 10.0 Å². The molecule has 2 heterocycles. The van der Waals surface area contributed by atoms with Crippen molar-refractivity contribution in [3.8, 4) is 5.75 Å². The fourth-order valence-electron chi connectivity index (χ4n) is 2.99. The van der Waals surface area contributed by atoms with E-state index in [1.165, 1.54) is 7.11 Å². The van der Waals surface area contributed by atoms with Gasteiger partial charge in [0.1, 0.15) is 16.5 Å². The van der Waals surface area contributed by atoms with Gasteiger partial charge in [-0.3, -0.25) is 0 Å². The molecular formula is C16H21N3O3S. The number of sulfonamides is 1. The van der Waals surface area contributed by atoms with E-state index in [0.29, 0.717) is 18.8 Å². The summed E-state index contributed by atoms with van der Waals surface area (Å²) in [6, 6.07) is 5.23. The number of imidazole rings is 1. The van der Waals surface area contributed by atoms with Gasteiger partial charge in [0.15, 0.2) is 0 Å². The molecule has 0 amide bonds. The summed E-state index contributed by atoms with van der Waals surface area (Å²) in [7, 11) is -2.05. The van der Waals surface area contributed by atoms with Crippen molar-refractivity contribution in [1.82, 2.24) is 14.3 Å². The summed E-state index contributed by atoms with van der Waals surface area (Å²) < 4.78 is 32.7. The van der Waals surface area contributed by atoms with Crippen molar-refractivity contribution in [2.75, 3.05) is 20.2 Å². The minimum atomic E-state index is -3.54. The lowest BCUT2D eigenvalue weighted by Gasteiger charge is -2.30. The number of H-pyrrole nitrogens is 1. The first-order valence-corrected chi connectivity index (χ1v) is 9.10. The molecule has 0 spiro atoms. The van der Waals surface area contributed by atoms with Crippen molar-refractivity contribution in [1.29, 1.82) is 0 Å². The minimum absolute atomic E-state index is 0.247. The van der Waals surface area contributed by atoms with Gasteiger partial charge in [-0.25, -0.2) is 13.4 Å². The van der Waals surface area contributed by atoms with Crippen molar-refractivity contribution in [2.45, 2.75) is 30.6 Å². The van der Waals surface area contributed by atoms with E-state index in [9.17, 15) is 8.42 Å². The zero-order valence-corrected chi connectivity index (χ0v) is 14.1. The number of methoxy groups -OCH3 is 1. The molecule has 0 saturated carbocycles. The lowest BCUT2D eigenvalue weighted by Crippen LogP contribution is -2.38. The number of hydrogen-bond acceptors (Lipinski definition) is 4. The standard InChI is InChI=1S/C16H21N3O3S/c1-12-3-4-14(22-2)15(11-12)23(20,21)19-9-5-13(6-10-19)16-17-7-8-18-16/h3-4,7-8,11,13H,5-6,9-10H2,1-2H3,(H,17,18). The zero-order valence-electron chi connectivity index (χ0n) is 13.3. The molecule has 3 rings (SSSR count). The summed E-state index contributed by atoms with van der Waals surface area (Å²) in [5.74, 6) is 1.62. The summed E-state index contributed by atoms with van der Waals surface area (Å²) >= 11 is 0. The van der Waals surface area contributed by atoms with Crippen molar-refractivity contribution in [2.24, 2.45) is 0 Å². The Balaban J connectivity index is 1.81. The van der Waals surface area contributed by atoms with Crippen molar-refractivity contribution < 1.29 is 13.2 Å². The van der Waals surface area contributed by atoms with E-state index in [1.54, 1.807) is 28.8 Å². The third kappa shape index (κ3) is 3.11. The van der Waals surface area contributed by atoms with Crippen molar-refractivity contribution >= 4 is 10.0 Å². The monoisotopic (exact) mass is 335 g/mol. The highest BCUT2D eigenvalue weighted by Crippen LogP contribution is 2.32. The number of aromatic amines is 1. The highest BCUT2D eigenvalue weighted by atomic mass is 32.2. The number of nitrogens with zero attached hydrogens (tertiary/aromatic N) is 2. The Hall–Kier alpha value is -1.86. The molecule has 0 bridgehead atoms. The Bertz CT molecular complexity index is 764. The number of rotatable bonds is 4. The molecule has 0 unspecified atom stereocenters. The van der Waals surface area contributed by atoms with Gasteiger partial charge in [0, 0.05) is 31.4 Å². The van der Waals surface area contributed by atoms with Crippen LogP contribution in [-0.2, 0) is 10.0 Å². The Morgan fingerprint density at radius 3 is 2.65 bits per heavy atom. The van der Waals surface area contributed by atoms with Crippen LogP contribution in [0.5, 0.6) is 5.75 Å². The number of aryl methyl sites for hydroxylation is 1. The second-order valence-corrected chi connectivity index (χ2v) is 7.71. The summed E-state index contributed by atoms with van der Waals surface area (Å²) in [4.78, 5) is 7.65. The fraction of sp³-hybridized carbons (Fsp3) is 0.438. The van der Waals surface area contributed by atoms with Crippen LogP contribution in [0.25, 0.3) is 0 Å². The van der Waals surface area contributed by atoms with Gasteiger partial charge in [0.05, 0.1) is 7.11 Å². The molecule has 124 valence electrons. The predicted molar refractivity (Wildman–Crippen MR) is 87.1 cm³/mol. The van der Waals surface area contributed by atoms with Crippen LogP contribution in [0.1, 0.15) is 30.1 Å². The molecule has 0 atom stereocenters. The van der Waals surface area contributed by atoms with E-state index in [2.05, 4.69) is 9.97 Å². The maximum atomic E-state index is 12.9. The van der Waals surface area contributed by atoms with Crippen molar-refractivity contribution in [3.63, 3.8) is 0 Å². The number of ether oxygens (including phenoxy) is 1. The van der Waals surface area contributed by atoms with Crippen LogP contribution in [0, 0.1) is 6.92 Å². The van der Waals surface area contributed by atoms with E-state index < -0.39 is 10.0 Å². The van der Waals surface area contributed by atoms with Crippen molar-refractivity contribution in [3.05, 3.63) is 42.0 Å². The van der Waals surface area contributed by atoms with E-state index in [0.717, 1.165) is 24.2 Å². The maximum absolute atomic E-state index is 12.9. The quantitative estimate of drug-likeness (QED) is 0.930. The van der Waals surface area contributed by atoms with Crippen LogP contribution in [0.3, 0.4) is 0 Å². The fourth-order valence-corrected chi connectivity index (χ4v) is 4.71. The molecule has 7 heteroatoms. The Morgan fingerprint density at radius 2 is 2.04 bits per heavy atom. The largest absolute Gasteiger partial charge is 0.495 e. The van der Waals surface area contributed by atoms with Crippen LogP contribution < -0.4 is 4.74 Å². The summed E-state index contributed by atoms with van der Waals surface area (Å²) in [5, 5.41) is 0. The highest BCUT2D eigenvalue weighted by Gasteiger charge is 2.32. The number of benzene rings is 1. The van der Waals surface area contributed by atoms with Gasteiger partial charge in [-0.1, -0.05) is 6.07 Å². The van der Waals surface area contributed by atoms with Gasteiger partial charge in [-0.05, 0) is 37.5 Å². The van der Waals surface area contributed by atoms with Gasteiger partial charge in [-0.2, -0.15) is 4.31 Å². The topological polar surface area (TPSA) is 75.3 Å². The lowest BCUT2D eigenvalue weighted by molar-refractivity contribution is 0.312. The number of hydrogen-bond donors (Lipinski definition) is 1. The van der Waals surface area contributed by atoms with Crippen LogP contribution in [0.4, 0.5) is 0 Å². The molecule has 1 aromatic heterocycles. The average molecular weight is 335 g/mol. The molecule has 1 aliphatic rings. The third-order valence-electron chi connectivity index (χ3n) is 4.30. The van der Waals surface area contributed by atoms with E-state index in [1.807, 2.05) is 13.0 Å². The normalized spacial score (nSPS) is 17.3. The summed E-state index contributed by atoms with van der Waals surface area (Å²) in [6.45, 7) is 2.86. The Morgan fingerprint density at radius 1 is 1.30 bits per heavy atom. The summed E-state index contributed by atoms with van der Waals surface area (Å²) in [6.07, 6.45) is 5.06. The van der Waals surface area contributed by atoms with Crippen LogP contribution >= 0.6 is 0 Å². The SMILES string of the molecule is COc1ccc(C)cc1S(=O)(=O)N1CCC(c2ncc[nH]2)CC1. The number of aromatic nitrogens is 2. The maximum Gasteiger partial charge on any atom is 0.246 e. The van der Waals surface area contributed by atoms with E-state index in [-0.39, 0.29) is 10.8 Å². The van der Waals surface area contributed by atoms with Crippen LogP contribution in [0.15, 0.2) is 35.5 Å². The van der Waals surface area contributed by atoms with Gasteiger partial charge < -0.3 is 9.72 Å². The van der Waals surface area contributed by atoms with Gasteiger partial charge in [-0.15, -0.1) is 0 Å². The smallest absolute Gasteiger partial charge is 0.246 e. The number of nitrogens with one attached hydrogen (secondary N) is 1. The van der Waals surface area contributed by atoms with Crippen LogP contribution in [0.2, 0.25) is 0 Å². The first-order valence-electron chi connectivity index (χ1n) is 7.66. The molecule has 6 nitrogen and oxygen atoms in total.